The second-order valence-corrected chi connectivity index (χ2v) is 5.13. The largest absolute Gasteiger partial charge is 0.506 e. The van der Waals surface area contributed by atoms with Crippen molar-refractivity contribution in [3.8, 4) is 5.75 Å². The zero-order chi connectivity index (χ0) is 14.7. The Morgan fingerprint density at radius 2 is 2.20 bits per heavy atom. The first-order valence-corrected chi connectivity index (χ1v) is 6.69. The maximum absolute atomic E-state index is 11.8. The number of hydrogen-bond acceptors (Lipinski definition) is 3. The molecule has 0 aliphatic carbocycles. The average Bonchev–Trinajstić information content (AvgIpc) is 2.71. The third kappa shape index (κ3) is 3.65. The molecule has 7 heteroatoms. The highest BCUT2D eigenvalue weighted by molar-refractivity contribution is 6.31. The minimum Gasteiger partial charge on any atom is -0.506 e. The summed E-state index contributed by atoms with van der Waals surface area (Å²) in [5.41, 5.74) is 1.01. The molecule has 0 aliphatic heterocycles. The molecule has 2 N–H and O–H groups in total. The molecule has 0 atom stereocenters. The van der Waals surface area contributed by atoms with Crippen molar-refractivity contribution < 1.29 is 9.90 Å². The summed E-state index contributed by atoms with van der Waals surface area (Å²) >= 11 is 11.7. The lowest BCUT2D eigenvalue weighted by Gasteiger charge is -2.07. The van der Waals surface area contributed by atoms with Gasteiger partial charge in [-0.3, -0.25) is 9.48 Å². The van der Waals surface area contributed by atoms with Gasteiger partial charge in [-0.05, 0) is 25.1 Å². The highest BCUT2D eigenvalue weighted by atomic mass is 35.5. The lowest BCUT2D eigenvalue weighted by molar-refractivity contribution is -0.116. The average molecular weight is 314 g/mol. The molecule has 0 spiro atoms. The molecule has 0 bridgehead atoms. The van der Waals surface area contributed by atoms with Crippen LogP contribution in [0, 0.1) is 6.92 Å². The first-order valence-electron chi connectivity index (χ1n) is 5.93. The van der Waals surface area contributed by atoms with Crippen LogP contribution in [-0.2, 0) is 11.3 Å². The SMILES string of the molecule is Cc1nn(CCC(=O)Nc2cc(Cl)ccc2O)cc1Cl. The number of halogens is 2. The number of benzene rings is 1. The van der Waals surface area contributed by atoms with E-state index in [1.54, 1.807) is 23.9 Å². The van der Waals surface area contributed by atoms with E-state index in [1.807, 2.05) is 0 Å². The number of nitrogens with one attached hydrogen (secondary N) is 1. The molecule has 0 unspecified atom stereocenters. The summed E-state index contributed by atoms with van der Waals surface area (Å²) in [6.07, 6.45) is 1.88. The highest BCUT2D eigenvalue weighted by Crippen LogP contribution is 2.26. The molecule has 0 aliphatic rings. The molecule has 106 valence electrons. The highest BCUT2D eigenvalue weighted by Gasteiger charge is 2.08. The summed E-state index contributed by atoms with van der Waals surface area (Å²) in [7, 11) is 0. The molecule has 5 nitrogen and oxygen atoms in total. The van der Waals surface area contributed by atoms with Gasteiger partial charge >= 0.3 is 0 Å². The van der Waals surface area contributed by atoms with Crippen LogP contribution in [0.4, 0.5) is 5.69 Å². The molecule has 20 heavy (non-hydrogen) atoms. The molecule has 1 aromatic heterocycles. The number of hydrogen-bond donors (Lipinski definition) is 2. The number of nitrogens with zero attached hydrogens (tertiary/aromatic N) is 2. The molecule has 0 radical (unpaired) electrons. The Balaban J connectivity index is 1.94. The van der Waals surface area contributed by atoms with E-state index >= 15 is 0 Å². The number of phenols is 1. The number of rotatable bonds is 4. The number of aryl methyl sites for hydroxylation is 2. The fraction of sp³-hybridized carbons (Fsp3) is 0.231. The van der Waals surface area contributed by atoms with Crippen molar-refractivity contribution in [2.24, 2.45) is 0 Å². The van der Waals surface area contributed by atoms with E-state index in [0.29, 0.717) is 16.6 Å². The maximum atomic E-state index is 11.8. The summed E-state index contributed by atoms with van der Waals surface area (Å²) in [4.78, 5) is 11.8. The predicted molar refractivity (Wildman–Crippen MR) is 78.3 cm³/mol. The molecule has 1 aromatic carbocycles. The zero-order valence-corrected chi connectivity index (χ0v) is 12.2. The van der Waals surface area contributed by atoms with Crippen molar-refractivity contribution >= 4 is 34.8 Å². The monoisotopic (exact) mass is 313 g/mol. The quantitative estimate of drug-likeness (QED) is 0.851. The van der Waals surface area contributed by atoms with Crippen LogP contribution in [0.25, 0.3) is 0 Å². The van der Waals surface area contributed by atoms with Gasteiger partial charge in [0.15, 0.2) is 0 Å². The van der Waals surface area contributed by atoms with E-state index < -0.39 is 0 Å². The van der Waals surface area contributed by atoms with Crippen molar-refractivity contribution in [3.63, 3.8) is 0 Å². The van der Waals surface area contributed by atoms with Gasteiger partial charge in [0.05, 0.1) is 16.4 Å². The summed E-state index contributed by atoms with van der Waals surface area (Å²) in [6.45, 7) is 2.20. The fourth-order valence-corrected chi connectivity index (χ4v) is 1.97. The Bertz CT molecular complexity index is 621. The molecule has 0 saturated carbocycles. The van der Waals surface area contributed by atoms with Gasteiger partial charge in [0.25, 0.3) is 0 Å². The van der Waals surface area contributed by atoms with E-state index in [-0.39, 0.29) is 23.8 Å². The van der Waals surface area contributed by atoms with Crippen molar-refractivity contribution in [2.45, 2.75) is 19.9 Å². The minimum absolute atomic E-state index is 0.0271. The van der Waals surface area contributed by atoms with Gasteiger partial charge in [-0.1, -0.05) is 23.2 Å². The van der Waals surface area contributed by atoms with Crippen molar-refractivity contribution in [3.05, 3.63) is 40.1 Å². The van der Waals surface area contributed by atoms with E-state index in [2.05, 4.69) is 10.4 Å². The number of aromatic nitrogens is 2. The number of aromatic hydroxyl groups is 1. The van der Waals surface area contributed by atoms with Crippen LogP contribution >= 0.6 is 23.2 Å². The van der Waals surface area contributed by atoms with E-state index in [4.69, 9.17) is 23.2 Å². The zero-order valence-electron chi connectivity index (χ0n) is 10.7. The summed E-state index contributed by atoms with van der Waals surface area (Å²) in [6, 6.07) is 4.46. The Morgan fingerprint density at radius 3 is 2.85 bits per heavy atom. The minimum atomic E-state index is -0.244. The molecule has 1 amide bonds. The molecular weight excluding hydrogens is 301 g/mol. The normalized spacial score (nSPS) is 10.6. The summed E-state index contributed by atoms with van der Waals surface area (Å²) in [5.74, 6) is -0.271. The fourth-order valence-electron chi connectivity index (χ4n) is 1.65. The summed E-state index contributed by atoms with van der Waals surface area (Å²) < 4.78 is 1.61. The van der Waals surface area contributed by atoms with Gasteiger partial charge in [-0.15, -0.1) is 0 Å². The van der Waals surface area contributed by atoms with Gasteiger partial charge in [-0.2, -0.15) is 5.10 Å². The second-order valence-electron chi connectivity index (χ2n) is 4.29. The van der Waals surface area contributed by atoms with Crippen LogP contribution in [0.5, 0.6) is 5.75 Å². The number of carbonyl (C=O) groups is 1. The molecule has 2 rings (SSSR count). The molecule has 0 saturated heterocycles. The Labute approximate surface area is 126 Å². The van der Waals surface area contributed by atoms with Gasteiger partial charge < -0.3 is 10.4 Å². The standard InChI is InChI=1S/C13H13Cl2N3O2/c1-8-10(15)7-18(17-8)5-4-13(20)16-11-6-9(14)2-3-12(11)19/h2-3,6-7,19H,4-5H2,1H3,(H,16,20). The van der Waals surface area contributed by atoms with Crippen LogP contribution in [0.1, 0.15) is 12.1 Å². The van der Waals surface area contributed by atoms with Crippen LogP contribution in [0.2, 0.25) is 10.0 Å². The van der Waals surface area contributed by atoms with Gasteiger partial charge in [0.2, 0.25) is 5.91 Å². The Kier molecular flexibility index (Phi) is 4.52. The number of anilines is 1. The van der Waals surface area contributed by atoms with Crippen LogP contribution in [0.15, 0.2) is 24.4 Å². The molecular formula is C13H13Cl2N3O2. The van der Waals surface area contributed by atoms with Crippen LogP contribution < -0.4 is 5.32 Å². The van der Waals surface area contributed by atoms with Crippen LogP contribution in [-0.4, -0.2) is 20.8 Å². The van der Waals surface area contributed by atoms with Gasteiger partial charge in [-0.25, -0.2) is 0 Å². The lowest BCUT2D eigenvalue weighted by atomic mass is 10.3. The number of amides is 1. The number of phenolic OH excluding ortho intramolecular Hbond substituents is 1. The van der Waals surface area contributed by atoms with E-state index in [0.717, 1.165) is 5.69 Å². The smallest absolute Gasteiger partial charge is 0.226 e. The van der Waals surface area contributed by atoms with Crippen molar-refractivity contribution in [2.75, 3.05) is 5.32 Å². The second kappa shape index (κ2) is 6.15. The third-order valence-corrected chi connectivity index (χ3v) is 3.29. The van der Waals surface area contributed by atoms with Gasteiger partial charge in [0, 0.05) is 24.2 Å². The molecule has 2 aromatic rings. The van der Waals surface area contributed by atoms with E-state index in [9.17, 15) is 9.90 Å². The summed E-state index contributed by atoms with van der Waals surface area (Å²) in [5, 5.41) is 17.4. The lowest BCUT2D eigenvalue weighted by Crippen LogP contribution is -2.14. The first kappa shape index (κ1) is 14.7. The van der Waals surface area contributed by atoms with Crippen LogP contribution in [0.3, 0.4) is 0 Å². The Hall–Kier alpha value is -1.72. The number of carbonyl (C=O) groups excluding carboxylic acids is 1. The molecule has 0 fully saturated rings. The maximum Gasteiger partial charge on any atom is 0.226 e. The molecule has 1 heterocycles. The van der Waals surface area contributed by atoms with Crippen molar-refractivity contribution in [1.29, 1.82) is 0 Å². The Morgan fingerprint density at radius 1 is 1.45 bits per heavy atom. The first-order chi connectivity index (χ1) is 9.45. The van der Waals surface area contributed by atoms with Crippen molar-refractivity contribution in [1.82, 2.24) is 9.78 Å². The van der Waals surface area contributed by atoms with Gasteiger partial charge in [0.1, 0.15) is 5.75 Å². The van der Waals surface area contributed by atoms with E-state index in [1.165, 1.54) is 12.1 Å². The predicted octanol–water partition coefficient (Wildman–Crippen LogP) is 3.23. The third-order valence-electron chi connectivity index (χ3n) is 2.69. The topological polar surface area (TPSA) is 67.2 Å².